The van der Waals surface area contributed by atoms with Gasteiger partial charge in [-0.3, -0.25) is 5.10 Å². The average Bonchev–Trinajstić information content (AvgIpc) is 2.76. The average molecular weight is 228 g/mol. The van der Waals surface area contributed by atoms with Gasteiger partial charge in [-0.1, -0.05) is 18.2 Å². The second kappa shape index (κ2) is 4.13. The van der Waals surface area contributed by atoms with E-state index < -0.39 is 0 Å². The van der Waals surface area contributed by atoms with Gasteiger partial charge < -0.3 is 10.6 Å². The lowest BCUT2D eigenvalue weighted by Crippen LogP contribution is -2.28. The fourth-order valence-electron chi connectivity index (χ4n) is 2.43. The highest BCUT2D eigenvalue weighted by Gasteiger charge is 2.17. The molecule has 0 amide bonds. The quantitative estimate of drug-likeness (QED) is 0.826. The molecule has 0 fully saturated rings. The van der Waals surface area contributed by atoms with Gasteiger partial charge >= 0.3 is 0 Å². The number of hydrogen-bond acceptors (Lipinski definition) is 3. The molecule has 0 saturated heterocycles. The van der Waals surface area contributed by atoms with Crippen molar-refractivity contribution in [1.82, 2.24) is 10.2 Å². The molecule has 0 spiro atoms. The summed E-state index contributed by atoms with van der Waals surface area (Å²) in [5.74, 6) is 0.674. The Morgan fingerprint density at radius 3 is 3.06 bits per heavy atom. The van der Waals surface area contributed by atoms with Crippen LogP contribution in [-0.2, 0) is 13.0 Å². The largest absolute Gasteiger partial charge is 0.384 e. The van der Waals surface area contributed by atoms with Gasteiger partial charge in [-0.05, 0) is 24.5 Å². The van der Waals surface area contributed by atoms with Crippen molar-refractivity contribution in [2.75, 3.05) is 17.2 Å². The van der Waals surface area contributed by atoms with Crippen molar-refractivity contribution >= 4 is 11.5 Å². The highest BCUT2D eigenvalue weighted by molar-refractivity contribution is 5.56. The van der Waals surface area contributed by atoms with Crippen molar-refractivity contribution in [3.8, 4) is 0 Å². The number of para-hydroxylation sites is 1. The van der Waals surface area contributed by atoms with Crippen molar-refractivity contribution in [3.63, 3.8) is 0 Å². The second-order valence-corrected chi connectivity index (χ2v) is 4.46. The normalized spacial score (nSPS) is 14.7. The van der Waals surface area contributed by atoms with Gasteiger partial charge in [0.15, 0.2) is 0 Å². The summed E-state index contributed by atoms with van der Waals surface area (Å²) < 4.78 is 0. The van der Waals surface area contributed by atoms with Crippen LogP contribution in [-0.4, -0.2) is 16.7 Å². The predicted octanol–water partition coefficient (Wildman–Crippen LogP) is 1.94. The topological polar surface area (TPSA) is 57.9 Å². The summed E-state index contributed by atoms with van der Waals surface area (Å²) >= 11 is 0. The van der Waals surface area contributed by atoms with E-state index in [1.54, 1.807) is 0 Å². The van der Waals surface area contributed by atoms with Crippen LogP contribution in [0.3, 0.4) is 0 Å². The zero-order chi connectivity index (χ0) is 11.7. The Bertz CT molecular complexity index is 518. The number of nitrogens with one attached hydrogen (secondary N) is 1. The zero-order valence-corrected chi connectivity index (χ0v) is 9.69. The van der Waals surface area contributed by atoms with Crippen molar-refractivity contribution in [2.45, 2.75) is 19.4 Å². The van der Waals surface area contributed by atoms with Gasteiger partial charge in [0, 0.05) is 24.3 Å². The number of nitrogens with zero attached hydrogens (tertiary/aromatic N) is 2. The van der Waals surface area contributed by atoms with Crippen LogP contribution >= 0.6 is 0 Å². The molecule has 1 aromatic heterocycles. The van der Waals surface area contributed by atoms with Crippen LogP contribution < -0.4 is 10.6 Å². The number of nitrogen functional groups attached to an aromatic ring is 1. The Labute approximate surface area is 100 Å². The first kappa shape index (κ1) is 10.2. The molecule has 0 unspecified atom stereocenters. The highest BCUT2D eigenvalue weighted by atomic mass is 15.2. The minimum absolute atomic E-state index is 0.674. The van der Waals surface area contributed by atoms with Crippen LogP contribution in [0.4, 0.5) is 11.5 Å². The number of nitrogens with two attached hydrogens (primary N) is 1. The summed E-state index contributed by atoms with van der Waals surface area (Å²) in [6.45, 7) is 1.92. The lowest BCUT2D eigenvalue weighted by molar-refractivity contribution is 0.692. The minimum atomic E-state index is 0.674. The molecule has 17 heavy (non-hydrogen) atoms. The van der Waals surface area contributed by atoms with Gasteiger partial charge in [0.05, 0.1) is 6.20 Å². The van der Waals surface area contributed by atoms with Gasteiger partial charge in [0.1, 0.15) is 5.82 Å². The Morgan fingerprint density at radius 1 is 1.35 bits per heavy atom. The summed E-state index contributed by atoms with van der Waals surface area (Å²) in [4.78, 5) is 2.38. The zero-order valence-electron chi connectivity index (χ0n) is 9.69. The van der Waals surface area contributed by atoms with E-state index in [0.29, 0.717) is 5.82 Å². The number of aromatic nitrogens is 2. The van der Waals surface area contributed by atoms with E-state index in [1.165, 1.54) is 24.1 Å². The maximum absolute atomic E-state index is 5.83. The molecule has 4 heteroatoms. The van der Waals surface area contributed by atoms with E-state index in [2.05, 4.69) is 39.4 Å². The molecule has 0 radical (unpaired) electrons. The van der Waals surface area contributed by atoms with Gasteiger partial charge in [0.2, 0.25) is 0 Å². The molecule has 1 aromatic carbocycles. The Morgan fingerprint density at radius 2 is 2.24 bits per heavy atom. The van der Waals surface area contributed by atoms with E-state index in [1.807, 2.05) is 6.20 Å². The molecule has 4 nitrogen and oxygen atoms in total. The third-order valence-electron chi connectivity index (χ3n) is 3.32. The summed E-state index contributed by atoms with van der Waals surface area (Å²) in [5.41, 5.74) is 9.67. The number of hydrogen-bond donors (Lipinski definition) is 2. The number of H-pyrrole nitrogens is 1. The highest BCUT2D eigenvalue weighted by Crippen LogP contribution is 2.28. The fraction of sp³-hybridized carbons (Fsp3) is 0.308. The summed E-state index contributed by atoms with van der Waals surface area (Å²) in [7, 11) is 0. The first-order valence-electron chi connectivity index (χ1n) is 5.95. The number of aryl methyl sites for hydroxylation is 1. The minimum Gasteiger partial charge on any atom is -0.384 e. The number of rotatable bonds is 2. The molecule has 0 saturated carbocycles. The molecular formula is C13H16N4. The van der Waals surface area contributed by atoms with Crippen molar-refractivity contribution in [1.29, 1.82) is 0 Å². The second-order valence-electron chi connectivity index (χ2n) is 4.46. The molecule has 0 bridgehead atoms. The number of anilines is 2. The monoisotopic (exact) mass is 228 g/mol. The Hall–Kier alpha value is -1.97. The van der Waals surface area contributed by atoms with Crippen LogP contribution in [0.15, 0.2) is 30.5 Å². The van der Waals surface area contributed by atoms with Crippen LogP contribution in [0, 0.1) is 0 Å². The molecule has 0 atom stereocenters. The van der Waals surface area contributed by atoms with Crippen LogP contribution in [0.5, 0.6) is 0 Å². The van der Waals surface area contributed by atoms with E-state index in [0.717, 1.165) is 18.7 Å². The van der Waals surface area contributed by atoms with E-state index in [9.17, 15) is 0 Å². The fourth-order valence-corrected chi connectivity index (χ4v) is 2.43. The van der Waals surface area contributed by atoms with Crippen molar-refractivity contribution < 1.29 is 0 Å². The Kier molecular flexibility index (Phi) is 2.48. The molecule has 3 rings (SSSR count). The molecule has 0 aliphatic carbocycles. The van der Waals surface area contributed by atoms with Crippen molar-refractivity contribution in [3.05, 3.63) is 41.6 Å². The maximum atomic E-state index is 5.83. The van der Waals surface area contributed by atoms with Crippen LogP contribution in [0.25, 0.3) is 0 Å². The van der Waals surface area contributed by atoms with Gasteiger partial charge in [-0.15, -0.1) is 0 Å². The van der Waals surface area contributed by atoms with E-state index in [-0.39, 0.29) is 0 Å². The third-order valence-corrected chi connectivity index (χ3v) is 3.32. The number of benzene rings is 1. The summed E-state index contributed by atoms with van der Waals surface area (Å²) in [6, 6.07) is 8.59. The summed E-state index contributed by atoms with van der Waals surface area (Å²) in [6.07, 6.45) is 4.19. The number of aromatic amines is 1. The maximum Gasteiger partial charge on any atom is 0.123 e. The standard InChI is InChI=1S/C13H16N4/c14-13-11(8-15-16-13)9-17-7-3-5-10-4-1-2-6-12(10)17/h1-2,4,6,8H,3,5,7,9H2,(H3,14,15,16). The van der Waals surface area contributed by atoms with E-state index in [4.69, 9.17) is 5.73 Å². The van der Waals surface area contributed by atoms with Crippen LogP contribution in [0.2, 0.25) is 0 Å². The van der Waals surface area contributed by atoms with Gasteiger partial charge in [-0.25, -0.2) is 0 Å². The SMILES string of the molecule is Nc1[nH]ncc1CN1CCCc2ccccc21. The molecule has 88 valence electrons. The molecule has 1 aliphatic heterocycles. The van der Waals surface area contributed by atoms with Gasteiger partial charge in [0.25, 0.3) is 0 Å². The molecule has 3 N–H and O–H groups in total. The van der Waals surface area contributed by atoms with Crippen LogP contribution in [0.1, 0.15) is 17.5 Å². The number of fused-ring (bicyclic) bond motifs is 1. The lowest BCUT2D eigenvalue weighted by Gasteiger charge is -2.31. The smallest absolute Gasteiger partial charge is 0.123 e. The lowest BCUT2D eigenvalue weighted by atomic mass is 10.0. The molecular weight excluding hydrogens is 212 g/mol. The van der Waals surface area contributed by atoms with Crippen molar-refractivity contribution in [2.24, 2.45) is 0 Å². The summed E-state index contributed by atoms with van der Waals surface area (Å²) in [5, 5.41) is 6.75. The van der Waals surface area contributed by atoms with Gasteiger partial charge in [-0.2, -0.15) is 5.10 Å². The first-order chi connectivity index (χ1) is 8.34. The Balaban J connectivity index is 1.88. The third kappa shape index (κ3) is 1.86. The first-order valence-corrected chi connectivity index (χ1v) is 5.95. The molecule has 2 aromatic rings. The predicted molar refractivity (Wildman–Crippen MR) is 68.8 cm³/mol. The van der Waals surface area contributed by atoms with E-state index >= 15 is 0 Å². The molecule has 2 heterocycles. The molecule has 1 aliphatic rings.